The van der Waals surface area contributed by atoms with Crippen LogP contribution in [0.2, 0.25) is 0 Å². The van der Waals surface area contributed by atoms with E-state index in [0.29, 0.717) is 23.6 Å². The van der Waals surface area contributed by atoms with Crippen LogP contribution in [0.5, 0.6) is 5.75 Å². The topological polar surface area (TPSA) is 77.2 Å². The van der Waals surface area contributed by atoms with Crippen molar-refractivity contribution in [3.05, 3.63) is 58.1 Å². The number of carbonyl (C=O) groups is 1. The highest BCUT2D eigenvalue weighted by Gasteiger charge is 2.12. The van der Waals surface area contributed by atoms with Gasteiger partial charge in [0, 0.05) is 10.4 Å². The Morgan fingerprint density at radius 3 is 2.77 bits per heavy atom. The average Bonchev–Trinajstić information content (AvgIpc) is 3.20. The number of amides is 1. The monoisotopic (exact) mass is 315 g/mol. The molecule has 0 bridgehead atoms. The molecule has 1 aromatic carbocycles. The Kier molecular flexibility index (Phi) is 4.15. The van der Waals surface area contributed by atoms with Gasteiger partial charge >= 0.3 is 6.01 Å². The van der Waals surface area contributed by atoms with Gasteiger partial charge in [-0.25, -0.2) is 0 Å². The Bertz CT molecular complexity index is 751. The van der Waals surface area contributed by atoms with Crippen LogP contribution in [-0.4, -0.2) is 23.2 Å². The molecule has 2 aromatic heterocycles. The Morgan fingerprint density at radius 1 is 1.27 bits per heavy atom. The fourth-order valence-electron chi connectivity index (χ4n) is 1.85. The van der Waals surface area contributed by atoms with E-state index in [4.69, 9.17) is 9.15 Å². The molecule has 0 spiro atoms. The van der Waals surface area contributed by atoms with Crippen molar-refractivity contribution in [3.63, 3.8) is 0 Å². The van der Waals surface area contributed by atoms with Gasteiger partial charge in [-0.1, -0.05) is 11.2 Å². The second kappa shape index (κ2) is 6.40. The third kappa shape index (κ3) is 3.32. The third-order valence-corrected chi connectivity index (χ3v) is 3.82. The van der Waals surface area contributed by atoms with Crippen molar-refractivity contribution >= 4 is 23.3 Å². The summed E-state index contributed by atoms with van der Waals surface area (Å²) < 4.78 is 10.5. The number of benzene rings is 1. The van der Waals surface area contributed by atoms with Gasteiger partial charge in [-0.05, 0) is 35.7 Å². The normalized spacial score (nSPS) is 10.4. The summed E-state index contributed by atoms with van der Waals surface area (Å²) in [7, 11) is 1.57. The highest BCUT2D eigenvalue weighted by Crippen LogP contribution is 2.16. The van der Waals surface area contributed by atoms with Crippen LogP contribution in [0.4, 0.5) is 6.01 Å². The van der Waals surface area contributed by atoms with Crippen LogP contribution in [0.1, 0.15) is 21.1 Å². The summed E-state index contributed by atoms with van der Waals surface area (Å²) in [4.78, 5) is 13.2. The summed E-state index contributed by atoms with van der Waals surface area (Å²) in [6.07, 6.45) is 0.559. The molecule has 0 atom stereocenters. The van der Waals surface area contributed by atoms with E-state index in [1.165, 1.54) is 0 Å². The van der Waals surface area contributed by atoms with Crippen molar-refractivity contribution in [2.45, 2.75) is 6.42 Å². The number of thiophene rings is 1. The number of ether oxygens (including phenoxy) is 1. The summed E-state index contributed by atoms with van der Waals surface area (Å²) >= 11 is 1.61. The van der Waals surface area contributed by atoms with Gasteiger partial charge in [0.05, 0.1) is 13.5 Å². The zero-order valence-electron chi connectivity index (χ0n) is 11.8. The van der Waals surface area contributed by atoms with Crippen molar-refractivity contribution in [1.82, 2.24) is 10.2 Å². The average molecular weight is 315 g/mol. The van der Waals surface area contributed by atoms with Gasteiger partial charge in [0.25, 0.3) is 5.91 Å². The number of nitrogens with zero attached hydrogens (tertiary/aromatic N) is 2. The van der Waals surface area contributed by atoms with E-state index < -0.39 is 0 Å². The molecule has 0 radical (unpaired) electrons. The Morgan fingerprint density at radius 2 is 2.09 bits per heavy atom. The van der Waals surface area contributed by atoms with Crippen LogP contribution < -0.4 is 10.1 Å². The maximum atomic E-state index is 12.1. The first-order valence-electron chi connectivity index (χ1n) is 6.55. The summed E-state index contributed by atoms with van der Waals surface area (Å²) in [6, 6.07) is 10.8. The molecule has 7 heteroatoms. The van der Waals surface area contributed by atoms with Gasteiger partial charge in [-0.3, -0.25) is 10.1 Å². The zero-order valence-corrected chi connectivity index (χ0v) is 12.6. The highest BCUT2D eigenvalue weighted by atomic mass is 32.1. The van der Waals surface area contributed by atoms with Gasteiger partial charge in [0.15, 0.2) is 0 Å². The minimum absolute atomic E-state index is 0.0902. The SMILES string of the molecule is COc1ccc(C(=O)Nc2nnc(Cc3cccs3)o2)cc1. The standard InChI is InChI=1S/C15H13N3O3S/c1-20-11-6-4-10(5-7-11)14(19)16-15-18-17-13(21-15)9-12-3-2-8-22-12/h2-8H,9H2,1H3,(H,16,18,19). The first-order valence-corrected chi connectivity index (χ1v) is 7.43. The molecule has 0 fully saturated rings. The van der Waals surface area contributed by atoms with Crippen LogP contribution in [0.3, 0.4) is 0 Å². The zero-order chi connectivity index (χ0) is 15.4. The number of methoxy groups -OCH3 is 1. The second-order valence-electron chi connectivity index (χ2n) is 4.44. The Balaban J connectivity index is 1.65. The van der Waals surface area contributed by atoms with E-state index in [0.717, 1.165) is 4.88 Å². The van der Waals surface area contributed by atoms with Crippen LogP contribution in [0.15, 0.2) is 46.2 Å². The first kappa shape index (κ1) is 14.3. The largest absolute Gasteiger partial charge is 0.497 e. The van der Waals surface area contributed by atoms with E-state index in [1.807, 2.05) is 17.5 Å². The molecule has 0 aliphatic carbocycles. The van der Waals surface area contributed by atoms with Gasteiger partial charge in [0.2, 0.25) is 5.89 Å². The van der Waals surface area contributed by atoms with Gasteiger partial charge in [-0.2, -0.15) is 0 Å². The Hall–Kier alpha value is -2.67. The van der Waals surface area contributed by atoms with E-state index in [1.54, 1.807) is 42.7 Å². The van der Waals surface area contributed by atoms with Gasteiger partial charge in [0.1, 0.15) is 5.75 Å². The quantitative estimate of drug-likeness (QED) is 0.783. The molecule has 0 aliphatic rings. The number of hydrogen-bond donors (Lipinski definition) is 1. The molecule has 0 saturated carbocycles. The predicted molar refractivity (Wildman–Crippen MR) is 82.4 cm³/mol. The number of carbonyl (C=O) groups excluding carboxylic acids is 1. The van der Waals surface area contributed by atoms with Gasteiger partial charge in [-0.15, -0.1) is 16.4 Å². The molecule has 0 aliphatic heterocycles. The van der Waals surface area contributed by atoms with Crippen molar-refractivity contribution in [1.29, 1.82) is 0 Å². The molecule has 112 valence electrons. The molecule has 3 rings (SSSR count). The molecular weight excluding hydrogens is 302 g/mol. The van der Waals surface area contributed by atoms with Crippen molar-refractivity contribution in [2.24, 2.45) is 0 Å². The van der Waals surface area contributed by atoms with Crippen LogP contribution in [0, 0.1) is 0 Å². The number of aromatic nitrogens is 2. The molecular formula is C15H13N3O3S. The molecule has 2 heterocycles. The molecule has 0 saturated heterocycles. The molecule has 1 amide bonds. The summed E-state index contributed by atoms with van der Waals surface area (Å²) in [5.74, 6) is 0.842. The third-order valence-electron chi connectivity index (χ3n) is 2.95. The van der Waals surface area contributed by atoms with E-state index in [-0.39, 0.29) is 11.9 Å². The lowest BCUT2D eigenvalue weighted by Crippen LogP contribution is -2.11. The second-order valence-corrected chi connectivity index (χ2v) is 5.47. The number of rotatable bonds is 5. The lowest BCUT2D eigenvalue weighted by atomic mass is 10.2. The summed E-state index contributed by atoms with van der Waals surface area (Å²) in [6.45, 7) is 0. The number of nitrogens with one attached hydrogen (secondary N) is 1. The summed E-state index contributed by atoms with van der Waals surface area (Å²) in [5, 5.41) is 12.3. The summed E-state index contributed by atoms with van der Waals surface area (Å²) in [5.41, 5.74) is 0.485. The van der Waals surface area contributed by atoms with E-state index >= 15 is 0 Å². The lowest BCUT2D eigenvalue weighted by Gasteiger charge is -2.02. The minimum atomic E-state index is -0.311. The van der Waals surface area contributed by atoms with Crippen LogP contribution >= 0.6 is 11.3 Å². The maximum absolute atomic E-state index is 12.1. The van der Waals surface area contributed by atoms with Crippen LogP contribution in [-0.2, 0) is 6.42 Å². The lowest BCUT2D eigenvalue weighted by molar-refractivity contribution is 0.102. The molecule has 6 nitrogen and oxygen atoms in total. The van der Waals surface area contributed by atoms with Crippen molar-refractivity contribution < 1.29 is 13.9 Å². The smallest absolute Gasteiger partial charge is 0.322 e. The fraction of sp³-hybridized carbons (Fsp3) is 0.133. The first-order chi connectivity index (χ1) is 10.7. The van der Waals surface area contributed by atoms with E-state index in [2.05, 4.69) is 15.5 Å². The predicted octanol–water partition coefficient (Wildman–Crippen LogP) is 2.98. The van der Waals surface area contributed by atoms with Crippen LogP contribution in [0.25, 0.3) is 0 Å². The van der Waals surface area contributed by atoms with Crippen molar-refractivity contribution in [3.8, 4) is 5.75 Å². The maximum Gasteiger partial charge on any atom is 0.322 e. The number of hydrogen-bond acceptors (Lipinski definition) is 6. The molecule has 3 aromatic rings. The number of anilines is 1. The molecule has 0 unspecified atom stereocenters. The minimum Gasteiger partial charge on any atom is -0.497 e. The molecule has 22 heavy (non-hydrogen) atoms. The Labute approximate surface area is 130 Å². The van der Waals surface area contributed by atoms with E-state index in [9.17, 15) is 4.79 Å². The highest BCUT2D eigenvalue weighted by molar-refractivity contribution is 7.09. The molecule has 1 N–H and O–H groups in total. The van der Waals surface area contributed by atoms with Gasteiger partial charge < -0.3 is 9.15 Å². The van der Waals surface area contributed by atoms with Crippen molar-refractivity contribution in [2.75, 3.05) is 12.4 Å². The fourth-order valence-corrected chi connectivity index (χ4v) is 2.55.